The van der Waals surface area contributed by atoms with Gasteiger partial charge in [0.2, 0.25) is 0 Å². The first-order valence-electron chi connectivity index (χ1n) is 8.89. The highest BCUT2D eigenvalue weighted by atomic mass is 16.5. The van der Waals surface area contributed by atoms with Gasteiger partial charge in [-0.2, -0.15) is 0 Å². The molecule has 1 amide bonds. The summed E-state index contributed by atoms with van der Waals surface area (Å²) in [4.78, 5) is 23.4. The monoisotopic (exact) mass is 363 g/mol. The highest BCUT2D eigenvalue weighted by molar-refractivity contribution is 5.81. The number of unbranched alkanes of at least 4 members (excludes halogenated alkanes) is 1. The van der Waals surface area contributed by atoms with Crippen molar-refractivity contribution in [3.63, 3.8) is 0 Å². The fourth-order valence-corrected chi connectivity index (χ4v) is 3.45. The molecule has 2 aromatic rings. The number of nitrogens with one attached hydrogen (secondary N) is 1. The van der Waals surface area contributed by atoms with Crippen LogP contribution >= 0.6 is 0 Å². The van der Waals surface area contributed by atoms with Crippen LogP contribution in [0.5, 0.6) is 0 Å². The maximum Gasteiger partial charge on any atom is 0.407 e. The van der Waals surface area contributed by atoms with Crippen molar-refractivity contribution in [3.8, 4) is 23.5 Å². The maximum atomic E-state index is 12.1. The predicted molar refractivity (Wildman–Crippen MR) is 102 cm³/mol. The number of rotatable bonds is 7. The van der Waals surface area contributed by atoms with Gasteiger partial charge >= 0.3 is 12.1 Å². The lowest BCUT2D eigenvalue weighted by Gasteiger charge is -2.17. The molecule has 0 heterocycles. The number of hydrogen-bond acceptors (Lipinski definition) is 3. The third-order valence-corrected chi connectivity index (χ3v) is 4.75. The number of alkyl carbamates (subject to hydrolysis) is 1. The van der Waals surface area contributed by atoms with Crippen molar-refractivity contribution in [2.75, 3.05) is 6.61 Å². The van der Waals surface area contributed by atoms with Crippen molar-refractivity contribution in [2.24, 2.45) is 0 Å². The van der Waals surface area contributed by atoms with E-state index in [0.717, 1.165) is 22.3 Å². The molecular weight excluding hydrogens is 342 g/mol. The Morgan fingerprint density at radius 3 is 2.26 bits per heavy atom. The minimum Gasteiger partial charge on any atom is -0.480 e. The van der Waals surface area contributed by atoms with Gasteiger partial charge in [-0.3, -0.25) is 0 Å². The Balaban J connectivity index is 1.65. The molecule has 3 rings (SSSR count). The van der Waals surface area contributed by atoms with E-state index >= 15 is 0 Å². The van der Waals surface area contributed by atoms with Gasteiger partial charge in [-0.05, 0) is 35.1 Å². The van der Waals surface area contributed by atoms with Crippen molar-refractivity contribution in [2.45, 2.75) is 31.2 Å². The fraction of sp³-hybridized carbons (Fsp3) is 0.273. The number of aliphatic carboxylic acids is 1. The molecule has 0 bridgehead atoms. The Kier molecular flexibility index (Phi) is 5.77. The SMILES string of the molecule is C#CCCC[C@H](NC(=O)OCC1c2ccccc2-c2ccccc21)C(=O)O. The minimum atomic E-state index is -1.10. The van der Waals surface area contributed by atoms with Crippen molar-refractivity contribution < 1.29 is 19.4 Å². The first-order valence-corrected chi connectivity index (χ1v) is 8.89. The smallest absolute Gasteiger partial charge is 0.407 e. The van der Waals surface area contributed by atoms with Crippen LogP contribution in [0.3, 0.4) is 0 Å². The van der Waals surface area contributed by atoms with Gasteiger partial charge in [0, 0.05) is 12.3 Å². The summed E-state index contributed by atoms with van der Waals surface area (Å²) in [5.74, 6) is 1.30. The average Bonchev–Trinajstić information content (AvgIpc) is 2.99. The summed E-state index contributed by atoms with van der Waals surface area (Å²) >= 11 is 0. The minimum absolute atomic E-state index is 0.0622. The molecule has 1 aliphatic rings. The van der Waals surface area contributed by atoms with Gasteiger partial charge in [0.25, 0.3) is 0 Å². The molecule has 0 radical (unpaired) electrons. The Morgan fingerprint density at radius 2 is 1.70 bits per heavy atom. The largest absolute Gasteiger partial charge is 0.480 e. The number of fused-ring (bicyclic) bond motifs is 3. The van der Waals surface area contributed by atoms with Gasteiger partial charge in [-0.1, -0.05) is 48.5 Å². The maximum absolute atomic E-state index is 12.1. The average molecular weight is 363 g/mol. The number of amides is 1. The molecule has 27 heavy (non-hydrogen) atoms. The topological polar surface area (TPSA) is 75.6 Å². The van der Waals surface area contributed by atoms with Crippen molar-refractivity contribution in [1.82, 2.24) is 5.32 Å². The number of carbonyl (C=O) groups is 2. The van der Waals surface area contributed by atoms with Crippen molar-refractivity contribution in [3.05, 3.63) is 59.7 Å². The summed E-state index contributed by atoms with van der Waals surface area (Å²) in [5.41, 5.74) is 4.49. The standard InChI is InChI=1S/C22H21NO4/c1-2-3-4-13-20(21(24)25)23-22(26)27-14-19-17-11-7-5-9-15(17)16-10-6-8-12-18(16)19/h1,5-12,19-20H,3-4,13-14H2,(H,23,26)(H,24,25)/t20-/m0/s1. The number of carbonyl (C=O) groups excluding carboxylic acids is 1. The van der Waals surface area contributed by atoms with Crippen LogP contribution < -0.4 is 5.32 Å². The lowest BCUT2D eigenvalue weighted by Crippen LogP contribution is -2.41. The molecule has 0 spiro atoms. The third-order valence-electron chi connectivity index (χ3n) is 4.75. The Bertz CT molecular complexity index is 838. The Morgan fingerprint density at radius 1 is 1.11 bits per heavy atom. The van der Waals surface area contributed by atoms with Crippen LogP contribution in [0.1, 0.15) is 36.3 Å². The molecule has 1 atom stereocenters. The quantitative estimate of drug-likeness (QED) is 0.580. The summed E-state index contributed by atoms with van der Waals surface area (Å²) in [6.45, 7) is 0.149. The Labute approximate surface area is 158 Å². The van der Waals surface area contributed by atoms with Gasteiger partial charge in [-0.15, -0.1) is 12.3 Å². The van der Waals surface area contributed by atoms with Crippen LogP contribution in [-0.2, 0) is 9.53 Å². The zero-order valence-electron chi connectivity index (χ0n) is 14.9. The first-order chi connectivity index (χ1) is 13.1. The molecule has 1 aliphatic carbocycles. The molecule has 0 aliphatic heterocycles. The highest BCUT2D eigenvalue weighted by Gasteiger charge is 2.29. The number of terminal acetylenes is 1. The molecular formula is C22H21NO4. The third kappa shape index (κ3) is 4.12. The zero-order chi connectivity index (χ0) is 19.2. The van der Waals surface area contributed by atoms with Crippen molar-refractivity contribution >= 4 is 12.1 Å². The predicted octanol–water partition coefficient (Wildman–Crippen LogP) is 3.78. The van der Waals surface area contributed by atoms with Gasteiger partial charge in [0.05, 0.1) is 0 Å². The van der Waals surface area contributed by atoms with E-state index in [0.29, 0.717) is 12.8 Å². The second-order valence-electron chi connectivity index (χ2n) is 6.46. The number of benzene rings is 2. The summed E-state index contributed by atoms with van der Waals surface area (Å²) in [6.07, 6.45) is 5.71. The second-order valence-corrected chi connectivity index (χ2v) is 6.46. The van der Waals surface area contributed by atoms with Gasteiger partial charge in [-0.25, -0.2) is 9.59 Å². The lowest BCUT2D eigenvalue weighted by molar-refractivity contribution is -0.139. The molecule has 2 N–H and O–H groups in total. The number of ether oxygens (including phenoxy) is 1. The van der Waals surface area contributed by atoms with E-state index in [1.54, 1.807) is 0 Å². The Hall–Kier alpha value is -3.26. The fourth-order valence-electron chi connectivity index (χ4n) is 3.45. The van der Waals surface area contributed by atoms with E-state index in [9.17, 15) is 14.7 Å². The van der Waals surface area contributed by atoms with E-state index in [2.05, 4.69) is 23.4 Å². The van der Waals surface area contributed by atoms with E-state index in [1.165, 1.54) is 0 Å². The summed E-state index contributed by atoms with van der Waals surface area (Å²) < 4.78 is 5.37. The van der Waals surface area contributed by atoms with Crippen LogP contribution in [0.2, 0.25) is 0 Å². The zero-order valence-corrected chi connectivity index (χ0v) is 14.9. The van der Waals surface area contributed by atoms with E-state index in [-0.39, 0.29) is 18.9 Å². The molecule has 0 saturated carbocycles. The summed E-state index contributed by atoms with van der Waals surface area (Å²) in [6, 6.07) is 15.1. The first kappa shape index (κ1) is 18.5. The highest BCUT2D eigenvalue weighted by Crippen LogP contribution is 2.44. The second kappa shape index (κ2) is 8.41. The summed E-state index contributed by atoms with van der Waals surface area (Å²) in [5, 5.41) is 11.7. The molecule has 0 unspecified atom stereocenters. The molecule has 0 fully saturated rings. The molecule has 5 heteroatoms. The summed E-state index contributed by atoms with van der Waals surface area (Å²) in [7, 11) is 0. The van der Waals surface area contributed by atoms with Crippen LogP contribution in [0.4, 0.5) is 4.79 Å². The number of hydrogen-bond donors (Lipinski definition) is 2. The molecule has 0 aromatic heterocycles. The van der Waals surface area contributed by atoms with Crippen LogP contribution in [0.25, 0.3) is 11.1 Å². The van der Waals surface area contributed by atoms with E-state index in [1.807, 2.05) is 36.4 Å². The molecule has 5 nitrogen and oxygen atoms in total. The molecule has 138 valence electrons. The van der Waals surface area contributed by atoms with Gasteiger partial charge in [0.1, 0.15) is 12.6 Å². The number of carboxylic acids is 1. The van der Waals surface area contributed by atoms with Crippen LogP contribution in [0, 0.1) is 12.3 Å². The van der Waals surface area contributed by atoms with E-state index < -0.39 is 18.1 Å². The lowest BCUT2D eigenvalue weighted by atomic mass is 9.98. The van der Waals surface area contributed by atoms with Crippen LogP contribution in [0.15, 0.2) is 48.5 Å². The van der Waals surface area contributed by atoms with Gasteiger partial charge < -0.3 is 15.2 Å². The molecule has 2 aromatic carbocycles. The van der Waals surface area contributed by atoms with Crippen LogP contribution in [-0.4, -0.2) is 29.8 Å². The van der Waals surface area contributed by atoms with E-state index in [4.69, 9.17) is 11.2 Å². The molecule has 0 saturated heterocycles. The number of carboxylic acid groups (broad SMARTS) is 1. The van der Waals surface area contributed by atoms with Gasteiger partial charge in [0.15, 0.2) is 0 Å². The normalized spacial score (nSPS) is 13.1. The van der Waals surface area contributed by atoms with Crippen molar-refractivity contribution in [1.29, 1.82) is 0 Å².